The minimum atomic E-state index is -1.51. The topological polar surface area (TPSA) is 77.0 Å². The summed E-state index contributed by atoms with van der Waals surface area (Å²) in [7, 11) is 0. The van der Waals surface area contributed by atoms with E-state index in [0.29, 0.717) is 11.3 Å². The summed E-state index contributed by atoms with van der Waals surface area (Å²) in [5.41, 5.74) is 9.54. The van der Waals surface area contributed by atoms with E-state index in [1.807, 2.05) is 0 Å². The van der Waals surface area contributed by atoms with Gasteiger partial charge in [-0.3, -0.25) is 16.3 Å². The van der Waals surface area contributed by atoms with Gasteiger partial charge in [-0.2, -0.15) is 0 Å². The number of nitrogens with two attached hydrogens (primary N) is 2. The average molecular weight is 282 g/mol. The van der Waals surface area contributed by atoms with E-state index in [4.69, 9.17) is 11.6 Å². The number of pyridine rings is 1. The number of hydrazine groups is 1. The normalized spacial score (nSPS) is 12.4. The third-order valence-corrected chi connectivity index (χ3v) is 2.98. The van der Waals surface area contributed by atoms with Crippen LogP contribution in [0.5, 0.6) is 0 Å². The summed E-state index contributed by atoms with van der Waals surface area (Å²) in [6, 6.07) is 2.78. The Morgan fingerprint density at radius 1 is 1.20 bits per heavy atom. The van der Waals surface area contributed by atoms with Gasteiger partial charge < -0.3 is 5.73 Å². The number of nitrogens with one attached hydrogen (secondary N) is 1. The Morgan fingerprint density at radius 3 is 2.40 bits per heavy atom. The lowest BCUT2D eigenvalue weighted by Crippen LogP contribution is -2.30. The predicted octanol–water partition coefficient (Wildman–Crippen LogP) is 1.83. The van der Waals surface area contributed by atoms with Gasteiger partial charge in [0.25, 0.3) is 0 Å². The zero-order chi connectivity index (χ0) is 14.7. The molecule has 1 unspecified atom stereocenters. The maximum atomic E-state index is 13.2. The second-order valence-electron chi connectivity index (χ2n) is 4.30. The molecule has 0 radical (unpaired) electrons. The monoisotopic (exact) mass is 282 g/mol. The molecule has 1 heterocycles. The molecule has 20 heavy (non-hydrogen) atoms. The summed E-state index contributed by atoms with van der Waals surface area (Å²) in [6.45, 7) is 0. The van der Waals surface area contributed by atoms with E-state index in [9.17, 15) is 13.2 Å². The third kappa shape index (κ3) is 2.89. The van der Waals surface area contributed by atoms with Crippen LogP contribution in [0.4, 0.5) is 18.9 Å². The quantitative estimate of drug-likeness (QED) is 0.454. The van der Waals surface area contributed by atoms with E-state index in [2.05, 4.69) is 10.4 Å². The lowest BCUT2D eigenvalue weighted by atomic mass is 9.99. The fourth-order valence-corrected chi connectivity index (χ4v) is 1.88. The second-order valence-corrected chi connectivity index (χ2v) is 4.30. The maximum absolute atomic E-state index is 13.2. The molecule has 0 aliphatic rings. The molecule has 0 spiro atoms. The van der Waals surface area contributed by atoms with Crippen LogP contribution in [0.15, 0.2) is 30.6 Å². The first kappa shape index (κ1) is 14.3. The number of benzene rings is 1. The zero-order valence-electron chi connectivity index (χ0n) is 10.4. The molecule has 0 saturated heterocycles. The van der Waals surface area contributed by atoms with Crippen LogP contribution in [0.25, 0.3) is 0 Å². The highest BCUT2D eigenvalue weighted by atomic mass is 19.2. The van der Waals surface area contributed by atoms with Gasteiger partial charge >= 0.3 is 0 Å². The van der Waals surface area contributed by atoms with Gasteiger partial charge in [0.15, 0.2) is 17.5 Å². The molecule has 2 rings (SSSR count). The summed E-state index contributed by atoms with van der Waals surface area (Å²) in [5, 5.41) is 0. The van der Waals surface area contributed by atoms with Crippen LogP contribution in [-0.2, 0) is 6.42 Å². The number of hydrogen-bond donors (Lipinski definition) is 3. The number of hydrogen-bond acceptors (Lipinski definition) is 4. The number of anilines is 1. The number of rotatable bonds is 4. The van der Waals surface area contributed by atoms with E-state index in [0.717, 1.165) is 12.1 Å². The maximum Gasteiger partial charge on any atom is 0.194 e. The van der Waals surface area contributed by atoms with Gasteiger partial charge in [0, 0.05) is 18.1 Å². The van der Waals surface area contributed by atoms with Crippen molar-refractivity contribution >= 4 is 5.69 Å². The lowest BCUT2D eigenvalue weighted by molar-refractivity contribution is 0.439. The van der Waals surface area contributed by atoms with Crippen molar-refractivity contribution in [2.75, 3.05) is 5.73 Å². The first-order valence-corrected chi connectivity index (χ1v) is 5.82. The van der Waals surface area contributed by atoms with Crippen LogP contribution in [0.2, 0.25) is 0 Å². The van der Waals surface area contributed by atoms with Crippen LogP contribution < -0.4 is 17.0 Å². The van der Waals surface area contributed by atoms with Gasteiger partial charge in [0.2, 0.25) is 0 Å². The summed E-state index contributed by atoms with van der Waals surface area (Å²) >= 11 is 0. The van der Waals surface area contributed by atoms with Gasteiger partial charge in [-0.25, -0.2) is 13.2 Å². The van der Waals surface area contributed by atoms with Gasteiger partial charge in [-0.15, -0.1) is 0 Å². The minimum absolute atomic E-state index is 0.187. The van der Waals surface area contributed by atoms with Gasteiger partial charge in [-0.05, 0) is 35.7 Å². The van der Waals surface area contributed by atoms with Gasteiger partial charge in [0.05, 0.1) is 6.04 Å². The molecular formula is C13H13F3N4. The molecule has 0 aliphatic heterocycles. The minimum Gasteiger partial charge on any atom is -0.398 e. The lowest BCUT2D eigenvalue weighted by Gasteiger charge is -2.17. The molecular weight excluding hydrogens is 269 g/mol. The van der Waals surface area contributed by atoms with Crippen molar-refractivity contribution in [2.24, 2.45) is 5.84 Å². The van der Waals surface area contributed by atoms with Crippen molar-refractivity contribution in [3.05, 3.63) is 59.2 Å². The fourth-order valence-electron chi connectivity index (χ4n) is 1.88. The predicted molar refractivity (Wildman–Crippen MR) is 68.7 cm³/mol. The number of halogens is 3. The highest BCUT2D eigenvalue weighted by molar-refractivity contribution is 5.45. The molecule has 0 fully saturated rings. The van der Waals surface area contributed by atoms with Gasteiger partial charge in [0.1, 0.15) is 0 Å². The molecule has 1 aromatic heterocycles. The summed E-state index contributed by atoms with van der Waals surface area (Å²) in [4.78, 5) is 3.92. The molecule has 1 atom stereocenters. The molecule has 2 aromatic rings. The van der Waals surface area contributed by atoms with Crippen LogP contribution >= 0.6 is 0 Å². The molecule has 5 N–H and O–H groups in total. The number of aromatic nitrogens is 1. The van der Waals surface area contributed by atoms with Crippen molar-refractivity contribution in [1.29, 1.82) is 0 Å². The van der Waals surface area contributed by atoms with Gasteiger partial charge in [-0.1, -0.05) is 0 Å². The molecule has 0 bridgehead atoms. The summed E-state index contributed by atoms with van der Waals surface area (Å²) < 4.78 is 39.4. The molecule has 7 heteroatoms. The van der Waals surface area contributed by atoms with E-state index < -0.39 is 23.5 Å². The number of nitrogen functional groups attached to an aromatic ring is 1. The Hall–Kier alpha value is -2.12. The van der Waals surface area contributed by atoms with E-state index in [1.54, 1.807) is 6.07 Å². The van der Waals surface area contributed by atoms with Crippen LogP contribution in [0.3, 0.4) is 0 Å². The first-order chi connectivity index (χ1) is 9.52. The second kappa shape index (κ2) is 5.89. The Morgan fingerprint density at radius 2 is 1.85 bits per heavy atom. The Labute approximate surface area is 113 Å². The van der Waals surface area contributed by atoms with E-state index >= 15 is 0 Å². The molecule has 0 amide bonds. The summed E-state index contributed by atoms with van der Waals surface area (Å²) in [6.07, 6.45) is 3.33. The highest BCUT2D eigenvalue weighted by Gasteiger charge is 2.17. The Kier molecular flexibility index (Phi) is 4.21. The average Bonchev–Trinajstić information content (AvgIpc) is 2.43. The molecule has 0 saturated carbocycles. The zero-order valence-corrected chi connectivity index (χ0v) is 10.4. The van der Waals surface area contributed by atoms with Crippen molar-refractivity contribution in [3.8, 4) is 0 Å². The van der Waals surface area contributed by atoms with Crippen molar-refractivity contribution in [1.82, 2.24) is 10.4 Å². The molecule has 0 aliphatic carbocycles. The molecule has 4 nitrogen and oxygen atoms in total. The van der Waals surface area contributed by atoms with Crippen molar-refractivity contribution in [3.63, 3.8) is 0 Å². The van der Waals surface area contributed by atoms with Crippen LogP contribution in [-0.4, -0.2) is 4.98 Å². The van der Waals surface area contributed by atoms with Crippen LogP contribution in [0, 0.1) is 17.5 Å². The number of nitrogens with zero attached hydrogens (tertiary/aromatic N) is 1. The molecule has 1 aromatic carbocycles. The largest absolute Gasteiger partial charge is 0.398 e. The van der Waals surface area contributed by atoms with E-state index in [1.165, 1.54) is 12.4 Å². The van der Waals surface area contributed by atoms with Crippen molar-refractivity contribution in [2.45, 2.75) is 12.5 Å². The van der Waals surface area contributed by atoms with E-state index in [-0.39, 0.29) is 12.0 Å². The smallest absolute Gasteiger partial charge is 0.194 e. The Balaban J connectivity index is 2.31. The highest BCUT2D eigenvalue weighted by Crippen LogP contribution is 2.23. The molecule has 106 valence electrons. The first-order valence-electron chi connectivity index (χ1n) is 5.82. The third-order valence-electron chi connectivity index (χ3n) is 2.98. The SMILES string of the molecule is NNC(Cc1cnccc1N)c1cc(F)c(F)c(F)c1. The van der Waals surface area contributed by atoms with Crippen molar-refractivity contribution < 1.29 is 13.2 Å². The standard InChI is InChI=1S/C13H13F3N4/c14-9-3-7(4-10(15)13(9)16)12(20-18)5-8-6-19-2-1-11(8)17/h1-4,6,12,20H,5,18H2,(H2,17,19). The Bertz CT molecular complexity index is 595. The fraction of sp³-hybridized carbons (Fsp3) is 0.154. The van der Waals surface area contributed by atoms with Crippen LogP contribution in [0.1, 0.15) is 17.2 Å². The summed E-state index contributed by atoms with van der Waals surface area (Å²) in [5.74, 6) is 1.35.